The van der Waals surface area contributed by atoms with Crippen LogP contribution < -0.4 is 5.32 Å². The molecule has 0 radical (unpaired) electrons. The smallest absolute Gasteiger partial charge is 0.0580 e. The van der Waals surface area contributed by atoms with Crippen molar-refractivity contribution in [1.29, 1.82) is 0 Å². The SMILES string of the molecule is CC(NCC1CCCC1O)c1cccc(Br)c1. The van der Waals surface area contributed by atoms with Crippen LogP contribution in [0.4, 0.5) is 0 Å². The van der Waals surface area contributed by atoms with Gasteiger partial charge in [-0.25, -0.2) is 0 Å². The third-order valence-corrected chi connectivity index (χ3v) is 4.15. The summed E-state index contributed by atoms with van der Waals surface area (Å²) in [6, 6.07) is 8.70. The summed E-state index contributed by atoms with van der Waals surface area (Å²) in [5, 5.41) is 13.3. The molecule has 1 saturated carbocycles. The third-order valence-electron chi connectivity index (χ3n) is 3.65. The molecule has 2 nitrogen and oxygen atoms in total. The molecule has 1 aliphatic carbocycles. The molecule has 0 saturated heterocycles. The maximum absolute atomic E-state index is 9.77. The number of nitrogens with one attached hydrogen (secondary N) is 1. The Balaban J connectivity index is 1.86. The van der Waals surface area contributed by atoms with Crippen LogP contribution in [0.5, 0.6) is 0 Å². The summed E-state index contributed by atoms with van der Waals surface area (Å²) >= 11 is 3.49. The van der Waals surface area contributed by atoms with Gasteiger partial charge in [-0.3, -0.25) is 0 Å². The Morgan fingerprint density at radius 1 is 1.47 bits per heavy atom. The summed E-state index contributed by atoms with van der Waals surface area (Å²) in [7, 11) is 0. The molecular weight excluding hydrogens is 278 g/mol. The lowest BCUT2D eigenvalue weighted by Crippen LogP contribution is -2.29. The Labute approximate surface area is 112 Å². The average Bonchev–Trinajstić information content (AvgIpc) is 2.72. The van der Waals surface area contributed by atoms with E-state index in [-0.39, 0.29) is 6.10 Å². The fraction of sp³-hybridized carbons (Fsp3) is 0.571. The van der Waals surface area contributed by atoms with E-state index in [0.717, 1.165) is 23.9 Å². The van der Waals surface area contributed by atoms with Crippen LogP contribution >= 0.6 is 15.9 Å². The standard InChI is InChI=1S/C14H20BrNO/c1-10(11-4-2-6-13(15)8-11)16-9-12-5-3-7-14(12)17/h2,4,6,8,10,12,14,16-17H,3,5,7,9H2,1H3. The van der Waals surface area contributed by atoms with E-state index in [9.17, 15) is 5.11 Å². The maximum atomic E-state index is 9.77. The van der Waals surface area contributed by atoms with Crippen molar-refractivity contribution in [3.63, 3.8) is 0 Å². The van der Waals surface area contributed by atoms with Crippen molar-refractivity contribution in [2.75, 3.05) is 6.54 Å². The number of hydrogen-bond donors (Lipinski definition) is 2. The fourth-order valence-electron chi connectivity index (χ4n) is 2.48. The van der Waals surface area contributed by atoms with E-state index in [1.165, 1.54) is 12.0 Å². The van der Waals surface area contributed by atoms with Gasteiger partial charge in [0.15, 0.2) is 0 Å². The molecule has 0 bridgehead atoms. The molecule has 0 spiro atoms. The van der Waals surface area contributed by atoms with Gasteiger partial charge in [-0.15, -0.1) is 0 Å². The first-order chi connectivity index (χ1) is 8.16. The van der Waals surface area contributed by atoms with Crippen LogP contribution in [-0.2, 0) is 0 Å². The van der Waals surface area contributed by atoms with E-state index in [2.05, 4.69) is 46.4 Å². The quantitative estimate of drug-likeness (QED) is 0.894. The van der Waals surface area contributed by atoms with Crippen molar-refractivity contribution < 1.29 is 5.11 Å². The molecule has 1 fully saturated rings. The first-order valence-electron chi connectivity index (χ1n) is 6.33. The molecule has 3 unspecified atom stereocenters. The van der Waals surface area contributed by atoms with E-state index >= 15 is 0 Å². The first kappa shape index (κ1) is 13.1. The van der Waals surface area contributed by atoms with Crippen molar-refractivity contribution in [2.45, 2.75) is 38.3 Å². The second kappa shape index (κ2) is 5.98. The predicted octanol–water partition coefficient (Wildman–Crippen LogP) is 3.26. The van der Waals surface area contributed by atoms with Crippen LogP contribution in [0.3, 0.4) is 0 Å². The molecule has 0 amide bonds. The second-order valence-electron chi connectivity index (χ2n) is 4.94. The number of aliphatic hydroxyl groups is 1. The Morgan fingerprint density at radius 2 is 2.29 bits per heavy atom. The van der Waals surface area contributed by atoms with Gasteiger partial charge in [0.1, 0.15) is 0 Å². The van der Waals surface area contributed by atoms with Crippen molar-refractivity contribution >= 4 is 15.9 Å². The van der Waals surface area contributed by atoms with Gasteiger partial charge >= 0.3 is 0 Å². The minimum absolute atomic E-state index is 0.0998. The van der Waals surface area contributed by atoms with Gasteiger partial charge in [0.25, 0.3) is 0 Å². The van der Waals surface area contributed by atoms with Crippen LogP contribution in [0, 0.1) is 5.92 Å². The molecule has 1 aromatic carbocycles. The van der Waals surface area contributed by atoms with Crippen molar-refractivity contribution in [2.24, 2.45) is 5.92 Å². The number of aliphatic hydroxyl groups excluding tert-OH is 1. The number of halogens is 1. The zero-order valence-electron chi connectivity index (χ0n) is 10.2. The number of benzene rings is 1. The molecule has 3 heteroatoms. The molecule has 0 aliphatic heterocycles. The molecule has 2 rings (SSSR count). The van der Waals surface area contributed by atoms with Crippen LogP contribution in [0.1, 0.15) is 37.8 Å². The summed E-state index contributed by atoms with van der Waals surface area (Å²) in [6.45, 7) is 3.08. The van der Waals surface area contributed by atoms with Crippen LogP contribution in [0.15, 0.2) is 28.7 Å². The lowest BCUT2D eigenvalue weighted by Gasteiger charge is -2.20. The van der Waals surface area contributed by atoms with Gasteiger partial charge in [-0.1, -0.05) is 34.5 Å². The highest BCUT2D eigenvalue weighted by Crippen LogP contribution is 2.26. The largest absolute Gasteiger partial charge is 0.393 e. The van der Waals surface area contributed by atoms with E-state index < -0.39 is 0 Å². The van der Waals surface area contributed by atoms with Gasteiger partial charge in [0, 0.05) is 17.1 Å². The molecule has 2 N–H and O–H groups in total. The summed E-state index contributed by atoms with van der Waals surface area (Å²) in [5.41, 5.74) is 1.28. The fourth-order valence-corrected chi connectivity index (χ4v) is 2.89. The minimum atomic E-state index is -0.0998. The summed E-state index contributed by atoms with van der Waals surface area (Å²) in [6.07, 6.45) is 3.19. The maximum Gasteiger partial charge on any atom is 0.0580 e. The van der Waals surface area contributed by atoms with Crippen molar-refractivity contribution in [3.05, 3.63) is 34.3 Å². The summed E-state index contributed by atoms with van der Waals surface area (Å²) in [5.74, 6) is 0.435. The highest BCUT2D eigenvalue weighted by molar-refractivity contribution is 9.10. The van der Waals surface area contributed by atoms with Gasteiger partial charge in [-0.2, -0.15) is 0 Å². The van der Waals surface area contributed by atoms with E-state index in [1.54, 1.807) is 0 Å². The second-order valence-corrected chi connectivity index (χ2v) is 5.86. The first-order valence-corrected chi connectivity index (χ1v) is 7.13. The van der Waals surface area contributed by atoms with E-state index in [0.29, 0.717) is 12.0 Å². The predicted molar refractivity (Wildman–Crippen MR) is 73.9 cm³/mol. The highest BCUT2D eigenvalue weighted by Gasteiger charge is 2.25. The Bertz CT molecular complexity index is 369. The van der Waals surface area contributed by atoms with Gasteiger partial charge < -0.3 is 10.4 Å². The van der Waals surface area contributed by atoms with E-state index in [1.807, 2.05) is 6.07 Å². The number of hydrogen-bond acceptors (Lipinski definition) is 2. The lowest BCUT2D eigenvalue weighted by molar-refractivity contribution is 0.130. The molecule has 17 heavy (non-hydrogen) atoms. The van der Waals surface area contributed by atoms with Crippen molar-refractivity contribution in [3.8, 4) is 0 Å². The van der Waals surface area contributed by atoms with Crippen LogP contribution in [0.2, 0.25) is 0 Å². The molecule has 1 aliphatic rings. The van der Waals surface area contributed by atoms with Crippen molar-refractivity contribution in [1.82, 2.24) is 5.32 Å². The zero-order valence-corrected chi connectivity index (χ0v) is 11.8. The monoisotopic (exact) mass is 297 g/mol. The van der Waals surface area contributed by atoms with Crippen LogP contribution in [-0.4, -0.2) is 17.8 Å². The summed E-state index contributed by atoms with van der Waals surface area (Å²) < 4.78 is 1.12. The average molecular weight is 298 g/mol. The van der Waals surface area contributed by atoms with Gasteiger partial charge in [0.2, 0.25) is 0 Å². The highest BCUT2D eigenvalue weighted by atomic mass is 79.9. The summed E-state index contributed by atoms with van der Waals surface area (Å²) in [4.78, 5) is 0. The normalized spacial score (nSPS) is 26.1. The molecule has 0 aromatic heterocycles. The Hall–Kier alpha value is -0.380. The minimum Gasteiger partial charge on any atom is -0.393 e. The Morgan fingerprint density at radius 3 is 2.94 bits per heavy atom. The molecule has 94 valence electrons. The molecule has 1 aromatic rings. The van der Waals surface area contributed by atoms with Gasteiger partial charge in [-0.05, 0) is 43.4 Å². The molecule has 0 heterocycles. The Kier molecular flexibility index (Phi) is 4.60. The van der Waals surface area contributed by atoms with E-state index in [4.69, 9.17) is 0 Å². The molecule has 3 atom stereocenters. The van der Waals surface area contributed by atoms with Crippen LogP contribution in [0.25, 0.3) is 0 Å². The zero-order chi connectivity index (χ0) is 12.3. The van der Waals surface area contributed by atoms with Gasteiger partial charge in [0.05, 0.1) is 6.10 Å². The lowest BCUT2D eigenvalue weighted by atomic mass is 10.0. The topological polar surface area (TPSA) is 32.3 Å². The number of rotatable bonds is 4. The third kappa shape index (κ3) is 3.54. The molecular formula is C14H20BrNO.